The molecule has 3 rings (SSSR count). The fourth-order valence-corrected chi connectivity index (χ4v) is 5.12. The number of ether oxygens (including phenoxy) is 3. The predicted octanol–water partition coefficient (Wildman–Crippen LogP) is 3.63. The molecule has 146 valence electrons. The second-order valence-electron chi connectivity index (χ2n) is 6.29. The van der Waals surface area contributed by atoms with Crippen molar-refractivity contribution < 1.29 is 22.6 Å². The third-order valence-corrected chi connectivity index (χ3v) is 6.65. The molecule has 2 aromatic carbocycles. The minimum atomic E-state index is -3.65. The van der Waals surface area contributed by atoms with Gasteiger partial charge in [0.2, 0.25) is 10.0 Å². The van der Waals surface area contributed by atoms with Crippen molar-refractivity contribution in [1.82, 2.24) is 4.31 Å². The molecule has 0 radical (unpaired) electrons. The van der Waals surface area contributed by atoms with Crippen molar-refractivity contribution in [3.63, 3.8) is 0 Å². The molecule has 1 saturated heterocycles. The Hall–Kier alpha value is -2.25. The quantitative estimate of drug-likeness (QED) is 0.721. The van der Waals surface area contributed by atoms with Crippen molar-refractivity contribution in [3.8, 4) is 17.2 Å². The van der Waals surface area contributed by atoms with Gasteiger partial charge in [-0.15, -0.1) is 0 Å². The monoisotopic (exact) mass is 391 g/mol. The maximum Gasteiger partial charge on any atom is 0.243 e. The largest absolute Gasteiger partial charge is 0.494 e. The lowest BCUT2D eigenvalue weighted by atomic mass is 10.1. The van der Waals surface area contributed by atoms with E-state index >= 15 is 0 Å². The molecule has 0 spiro atoms. The number of hydrogen-bond donors (Lipinski definition) is 0. The van der Waals surface area contributed by atoms with Crippen LogP contribution < -0.4 is 14.2 Å². The molecule has 1 fully saturated rings. The van der Waals surface area contributed by atoms with E-state index in [9.17, 15) is 8.42 Å². The highest BCUT2D eigenvalue weighted by atomic mass is 32.2. The van der Waals surface area contributed by atoms with Crippen molar-refractivity contribution in [3.05, 3.63) is 48.0 Å². The van der Waals surface area contributed by atoms with Crippen LogP contribution in [-0.4, -0.2) is 40.1 Å². The van der Waals surface area contributed by atoms with Crippen molar-refractivity contribution in [2.45, 2.75) is 30.7 Å². The minimum absolute atomic E-state index is 0.182. The van der Waals surface area contributed by atoms with Crippen LogP contribution in [0.2, 0.25) is 0 Å². The Labute approximate surface area is 160 Å². The molecule has 27 heavy (non-hydrogen) atoms. The van der Waals surface area contributed by atoms with Crippen LogP contribution in [0.5, 0.6) is 17.2 Å². The van der Waals surface area contributed by atoms with Gasteiger partial charge in [-0.2, -0.15) is 4.31 Å². The fraction of sp³-hybridized carbons (Fsp3) is 0.400. The first-order valence-corrected chi connectivity index (χ1v) is 10.4. The molecule has 0 amide bonds. The number of hydrogen-bond acceptors (Lipinski definition) is 5. The number of benzene rings is 2. The van der Waals surface area contributed by atoms with E-state index in [-0.39, 0.29) is 10.9 Å². The van der Waals surface area contributed by atoms with Gasteiger partial charge in [-0.25, -0.2) is 8.42 Å². The molecule has 1 heterocycles. The molecule has 0 saturated carbocycles. The van der Waals surface area contributed by atoms with Crippen molar-refractivity contribution in [2.75, 3.05) is 27.4 Å². The summed E-state index contributed by atoms with van der Waals surface area (Å²) in [5.41, 5.74) is 0.972. The van der Waals surface area contributed by atoms with Crippen LogP contribution in [0, 0.1) is 0 Å². The zero-order valence-corrected chi connectivity index (χ0v) is 16.7. The molecule has 1 atom stereocenters. The molecule has 2 aromatic rings. The number of sulfonamides is 1. The fourth-order valence-electron chi connectivity index (χ4n) is 3.43. The zero-order chi connectivity index (χ0) is 19.4. The lowest BCUT2D eigenvalue weighted by Crippen LogP contribution is -2.30. The van der Waals surface area contributed by atoms with Gasteiger partial charge in [-0.3, -0.25) is 0 Å². The molecule has 7 heteroatoms. The molecule has 0 bridgehead atoms. The van der Waals surface area contributed by atoms with Gasteiger partial charge in [-0.05, 0) is 49.6 Å². The Bertz CT molecular complexity index is 880. The van der Waals surface area contributed by atoms with E-state index in [4.69, 9.17) is 14.2 Å². The Morgan fingerprint density at radius 2 is 1.74 bits per heavy atom. The summed E-state index contributed by atoms with van der Waals surface area (Å²) in [5.74, 6) is 1.69. The van der Waals surface area contributed by atoms with E-state index in [0.29, 0.717) is 24.7 Å². The summed E-state index contributed by atoms with van der Waals surface area (Å²) in [6.07, 6.45) is 1.62. The van der Waals surface area contributed by atoms with E-state index in [1.807, 2.05) is 31.2 Å². The molecule has 0 aromatic heterocycles. The van der Waals surface area contributed by atoms with Crippen LogP contribution in [0.25, 0.3) is 0 Å². The van der Waals surface area contributed by atoms with Crippen molar-refractivity contribution in [1.29, 1.82) is 0 Å². The summed E-state index contributed by atoms with van der Waals surface area (Å²) in [6, 6.07) is 12.2. The van der Waals surface area contributed by atoms with Crippen LogP contribution in [0.15, 0.2) is 47.4 Å². The standard InChI is InChI=1S/C20H25NO5S/c1-4-26-16-9-7-15(8-10-16)18-6-5-13-21(18)27(22,23)17-11-12-19(24-2)20(14-17)25-3/h7-12,14,18H,4-6,13H2,1-3H3. The predicted molar refractivity (Wildman–Crippen MR) is 103 cm³/mol. The summed E-state index contributed by atoms with van der Waals surface area (Å²) < 4.78 is 44.0. The van der Waals surface area contributed by atoms with E-state index in [2.05, 4.69) is 0 Å². The topological polar surface area (TPSA) is 65.1 Å². The maximum absolute atomic E-state index is 13.3. The first-order chi connectivity index (χ1) is 13.0. The second-order valence-corrected chi connectivity index (χ2v) is 8.18. The highest BCUT2D eigenvalue weighted by molar-refractivity contribution is 7.89. The Kier molecular flexibility index (Phi) is 5.92. The van der Waals surface area contributed by atoms with Crippen LogP contribution in [0.1, 0.15) is 31.4 Å². The molecule has 1 unspecified atom stereocenters. The summed E-state index contributed by atoms with van der Waals surface area (Å²) >= 11 is 0. The Morgan fingerprint density at radius 1 is 1.04 bits per heavy atom. The van der Waals surface area contributed by atoms with Crippen molar-refractivity contribution >= 4 is 10.0 Å². The molecule has 6 nitrogen and oxygen atoms in total. The smallest absolute Gasteiger partial charge is 0.243 e. The van der Waals surface area contributed by atoms with E-state index in [1.54, 1.807) is 16.4 Å². The van der Waals surface area contributed by atoms with Crippen molar-refractivity contribution in [2.24, 2.45) is 0 Å². The molecular formula is C20H25NO5S. The third-order valence-electron chi connectivity index (χ3n) is 4.74. The zero-order valence-electron chi connectivity index (χ0n) is 15.8. The van der Waals surface area contributed by atoms with Gasteiger partial charge in [0.25, 0.3) is 0 Å². The highest BCUT2D eigenvalue weighted by Crippen LogP contribution is 2.38. The van der Waals surface area contributed by atoms with E-state index in [1.165, 1.54) is 20.3 Å². The summed E-state index contributed by atoms with van der Waals surface area (Å²) in [6.45, 7) is 3.03. The third kappa shape index (κ3) is 3.89. The van der Waals surface area contributed by atoms with Crippen LogP contribution >= 0.6 is 0 Å². The number of rotatable bonds is 7. The lowest BCUT2D eigenvalue weighted by molar-refractivity contribution is 0.339. The first-order valence-electron chi connectivity index (χ1n) is 8.98. The van der Waals surface area contributed by atoms with Gasteiger partial charge in [-0.1, -0.05) is 12.1 Å². The van der Waals surface area contributed by atoms with Crippen LogP contribution in [0.3, 0.4) is 0 Å². The maximum atomic E-state index is 13.3. The summed E-state index contributed by atoms with van der Waals surface area (Å²) in [7, 11) is -0.632. The lowest BCUT2D eigenvalue weighted by Gasteiger charge is -2.25. The average molecular weight is 391 g/mol. The number of nitrogens with zero attached hydrogens (tertiary/aromatic N) is 1. The van der Waals surface area contributed by atoms with Gasteiger partial charge in [0.05, 0.1) is 31.8 Å². The molecular weight excluding hydrogens is 366 g/mol. The van der Waals surface area contributed by atoms with Gasteiger partial charge < -0.3 is 14.2 Å². The SMILES string of the molecule is CCOc1ccc(C2CCCN2S(=O)(=O)c2ccc(OC)c(OC)c2)cc1. The second kappa shape index (κ2) is 8.19. The molecule has 0 N–H and O–H groups in total. The van der Waals surface area contributed by atoms with E-state index < -0.39 is 10.0 Å². The Morgan fingerprint density at radius 3 is 2.37 bits per heavy atom. The van der Waals surface area contributed by atoms with Gasteiger partial charge in [0.15, 0.2) is 11.5 Å². The average Bonchev–Trinajstić information content (AvgIpc) is 3.19. The first kappa shape index (κ1) is 19.5. The van der Waals surface area contributed by atoms with E-state index in [0.717, 1.165) is 24.2 Å². The van der Waals surface area contributed by atoms with Gasteiger partial charge in [0.1, 0.15) is 5.75 Å². The van der Waals surface area contributed by atoms with Gasteiger partial charge in [0, 0.05) is 12.6 Å². The minimum Gasteiger partial charge on any atom is -0.494 e. The molecule has 1 aliphatic heterocycles. The normalized spacial score (nSPS) is 17.7. The van der Waals surface area contributed by atoms with Crippen LogP contribution in [0.4, 0.5) is 0 Å². The molecule has 0 aliphatic carbocycles. The Balaban J connectivity index is 1.91. The number of methoxy groups -OCH3 is 2. The summed E-state index contributed by atoms with van der Waals surface area (Å²) in [4.78, 5) is 0.206. The van der Waals surface area contributed by atoms with Crippen LogP contribution in [-0.2, 0) is 10.0 Å². The molecule has 1 aliphatic rings. The highest BCUT2D eigenvalue weighted by Gasteiger charge is 2.36. The van der Waals surface area contributed by atoms with Gasteiger partial charge >= 0.3 is 0 Å². The summed E-state index contributed by atoms with van der Waals surface area (Å²) in [5, 5.41) is 0.